The number of halogens is 2. The van der Waals surface area contributed by atoms with Crippen molar-refractivity contribution in [3.05, 3.63) is 111 Å². The van der Waals surface area contributed by atoms with E-state index in [1.807, 2.05) is 103 Å². The Bertz CT molecular complexity index is 1440. The number of hydrogen-bond acceptors (Lipinski definition) is 3. The minimum Gasteiger partial charge on any atom is -0.489 e. The van der Waals surface area contributed by atoms with Crippen molar-refractivity contribution in [2.45, 2.75) is 94.7 Å². The Labute approximate surface area is 259 Å². The summed E-state index contributed by atoms with van der Waals surface area (Å²) in [7, 11) is 0. The smallest absolute Gasteiger partial charge is 0.270 e. The third-order valence-electron chi connectivity index (χ3n) is 6.46. The Kier molecular flexibility index (Phi) is 17.5. The van der Waals surface area contributed by atoms with Gasteiger partial charge >= 0.3 is 0 Å². The molecular formula is C37H53F2N3O. The monoisotopic (exact) mass is 593 g/mol. The molecule has 3 rings (SSSR count). The van der Waals surface area contributed by atoms with E-state index in [0.29, 0.717) is 11.3 Å². The second-order valence-corrected chi connectivity index (χ2v) is 9.08. The number of benzene rings is 2. The van der Waals surface area contributed by atoms with Gasteiger partial charge in [0.2, 0.25) is 5.95 Å². The highest BCUT2D eigenvalue weighted by Gasteiger charge is 2.23. The molecule has 0 aliphatic heterocycles. The molecule has 0 aliphatic carbocycles. The first-order chi connectivity index (χ1) is 20.5. The van der Waals surface area contributed by atoms with Crippen LogP contribution in [0.2, 0.25) is 0 Å². The molecule has 3 aromatic rings. The van der Waals surface area contributed by atoms with Gasteiger partial charge in [-0.25, -0.2) is 13.8 Å². The lowest BCUT2D eigenvalue weighted by Crippen LogP contribution is -2.31. The molecule has 6 heteroatoms. The first-order valence-electron chi connectivity index (χ1n) is 15.2. The van der Waals surface area contributed by atoms with Gasteiger partial charge in [0, 0.05) is 12.5 Å². The summed E-state index contributed by atoms with van der Waals surface area (Å²) in [4.78, 5) is 4.57. The topological polar surface area (TPSA) is 53.1 Å². The van der Waals surface area contributed by atoms with Crippen molar-refractivity contribution in [3.63, 3.8) is 0 Å². The molecule has 1 atom stereocenters. The van der Waals surface area contributed by atoms with Gasteiger partial charge < -0.3 is 15.0 Å². The van der Waals surface area contributed by atoms with E-state index in [4.69, 9.17) is 10.5 Å². The second kappa shape index (κ2) is 19.3. The van der Waals surface area contributed by atoms with Crippen molar-refractivity contribution in [2.24, 2.45) is 0 Å². The molecule has 0 aliphatic rings. The molecule has 2 N–H and O–H groups in total. The number of hydrogen-bond donors (Lipinski definition) is 1. The Morgan fingerprint density at radius 1 is 1.00 bits per heavy atom. The van der Waals surface area contributed by atoms with Crippen LogP contribution in [0.15, 0.2) is 78.4 Å². The van der Waals surface area contributed by atoms with Crippen molar-refractivity contribution in [1.82, 2.24) is 9.55 Å². The Balaban J connectivity index is 0.00000276. The van der Waals surface area contributed by atoms with Crippen molar-refractivity contribution in [2.75, 3.05) is 5.73 Å². The van der Waals surface area contributed by atoms with Gasteiger partial charge in [-0.1, -0.05) is 109 Å². The van der Waals surface area contributed by atoms with Crippen molar-refractivity contribution < 1.29 is 13.5 Å². The summed E-state index contributed by atoms with van der Waals surface area (Å²) in [6.07, 6.45) is 7.78. The summed E-state index contributed by atoms with van der Waals surface area (Å²) >= 11 is 0. The minimum atomic E-state index is -2.86. The van der Waals surface area contributed by atoms with Gasteiger partial charge in [-0.05, 0) is 67.7 Å². The van der Waals surface area contributed by atoms with Crippen LogP contribution in [-0.4, -0.2) is 9.55 Å². The van der Waals surface area contributed by atoms with Gasteiger partial charge in [0.05, 0.1) is 16.7 Å². The zero-order valence-electron chi connectivity index (χ0n) is 28.2. The molecule has 0 fully saturated rings. The Hall–Kier alpha value is -3.93. The van der Waals surface area contributed by atoms with E-state index in [2.05, 4.69) is 31.1 Å². The Morgan fingerprint density at radius 2 is 1.56 bits per heavy atom. The maximum atomic E-state index is 13.4. The number of aryl methyl sites for hydroxylation is 1. The fourth-order valence-corrected chi connectivity index (χ4v) is 4.23. The molecule has 0 unspecified atom stereocenters. The lowest BCUT2D eigenvalue weighted by Gasteiger charge is -2.18. The molecule has 0 saturated carbocycles. The maximum Gasteiger partial charge on any atom is 0.270 e. The predicted molar refractivity (Wildman–Crippen MR) is 183 cm³/mol. The number of imidazole rings is 1. The molecule has 43 heavy (non-hydrogen) atoms. The second-order valence-electron chi connectivity index (χ2n) is 9.08. The quantitative estimate of drug-likeness (QED) is 0.252. The minimum absolute atomic E-state index is 0.0139. The third-order valence-corrected chi connectivity index (χ3v) is 6.46. The number of allylic oxidation sites excluding steroid dienone is 5. The van der Waals surface area contributed by atoms with Crippen LogP contribution < -0.4 is 21.2 Å². The number of ether oxygens (including phenoxy) is 1. The van der Waals surface area contributed by atoms with Crippen molar-refractivity contribution >= 4 is 18.6 Å². The highest BCUT2D eigenvalue weighted by molar-refractivity contribution is 5.60. The average Bonchev–Trinajstić information content (AvgIpc) is 3.30. The summed E-state index contributed by atoms with van der Waals surface area (Å²) in [6, 6.07) is 12.1. The molecule has 0 radical (unpaired) electrons. The first kappa shape index (κ1) is 39.1. The molecule has 0 saturated heterocycles. The molecule has 0 spiro atoms. The van der Waals surface area contributed by atoms with Crippen LogP contribution in [-0.2, 0) is 12.5 Å². The van der Waals surface area contributed by atoms with Gasteiger partial charge in [-0.15, -0.1) is 0 Å². The molecule has 1 heterocycles. The maximum absolute atomic E-state index is 13.4. The van der Waals surface area contributed by atoms with Gasteiger partial charge in [0.15, 0.2) is 0 Å². The van der Waals surface area contributed by atoms with E-state index < -0.39 is 5.92 Å². The molecule has 236 valence electrons. The normalized spacial score (nSPS) is 12.5. The Morgan fingerprint density at radius 3 is 2.02 bits per heavy atom. The van der Waals surface area contributed by atoms with Crippen LogP contribution in [0.1, 0.15) is 97.5 Å². The third kappa shape index (κ3) is 10.7. The van der Waals surface area contributed by atoms with Crippen LogP contribution in [0.25, 0.3) is 12.7 Å². The lowest BCUT2D eigenvalue weighted by atomic mass is 10.0. The summed E-state index contributed by atoms with van der Waals surface area (Å²) in [5.41, 5.74) is 11.1. The fourth-order valence-electron chi connectivity index (χ4n) is 4.23. The molecule has 2 aromatic carbocycles. The number of nitrogens with zero attached hydrogens (tertiary/aromatic N) is 2. The van der Waals surface area contributed by atoms with Crippen LogP contribution in [0.3, 0.4) is 0 Å². The van der Waals surface area contributed by atoms with Gasteiger partial charge in [0.25, 0.3) is 5.92 Å². The number of alkyl halides is 2. The summed E-state index contributed by atoms with van der Waals surface area (Å²) in [5, 5.41) is 1.44. The molecule has 1 aromatic heterocycles. The van der Waals surface area contributed by atoms with Crippen LogP contribution >= 0.6 is 0 Å². The largest absolute Gasteiger partial charge is 0.489 e. The molecule has 0 amide bonds. The highest BCUT2D eigenvalue weighted by Crippen LogP contribution is 2.28. The predicted octanol–water partition coefficient (Wildman–Crippen LogP) is 9.42. The van der Waals surface area contributed by atoms with Crippen LogP contribution in [0, 0.1) is 6.92 Å². The fraction of sp³-hybridized carbons (Fsp3) is 0.378. The van der Waals surface area contributed by atoms with Crippen LogP contribution in [0.5, 0.6) is 5.75 Å². The number of rotatable bonds is 9. The zero-order chi connectivity index (χ0) is 33.3. The van der Waals surface area contributed by atoms with E-state index in [1.165, 1.54) is 12.1 Å². The zero-order valence-corrected chi connectivity index (χ0v) is 28.2. The van der Waals surface area contributed by atoms with Gasteiger partial charge in [-0.3, -0.25) is 0 Å². The molecule has 4 nitrogen and oxygen atoms in total. The standard InChI is InChI=1S/C31H35F2N3O.3C2H6/c1-8-24(9-2)25(10-3)18-28-22(6)36(30(34)35-28)21(5)26-13-16-29(20(4)17-26)37-19-23-11-14-27(15-12-23)31(7,32)33;3*1-2/h8-18,21H,1,6,19H2,2-5,7H3,(H2,34,35);3*1-2H3/b24-9+,25-10+,28-18+;;;/t21-;;;/m1.../s1. The number of nitrogen functional groups attached to an aromatic ring is 1. The molecular weight excluding hydrogens is 540 g/mol. The summed E-state index contributed by atoms with van der Waals surface area (Å²) < 4.78 is 34.8. The van der Waals surface area contributed by atoms with Crippen molar-refractivity contribution in [1.29, 1.82) is 0 Å². The number of nitrogens with two attached hydrogens (primary N) is 1. The SMILES string of the molecule is C=CC(=C\C)/C(=C/C)/C=c1/nc(N)n([C@H](C)c2ccc(OCc3ccc(C(C)(F)F)cc3)c(C)c2)c1=C.CC.CC.CC. The average molecular weight is 594 g/mol. The van der Waals surface area contributed by atoms with Crippen LogP contribution in [0.4, 0.5) is 14.7 Å². The highest BCUT2D eigenvalue weighted by atomic mass is 19.3. The van der Waals surface area contributed by atoms with Gasteiger partial charge in [0.1, 0.15) is 12.4 Å². The van der Waals surface area contributed by atoms with E-state index in [-0.39, 0.29) is 18.2 Å². The van der Waals surface area contributed by atoms with E-state index in [1.54, 1.807) is 12.1 Å². The number of anilines is 1. The number of aromatic nitrogens is 2. The first-order valence-corrected chi connectivity index (χ1v) is 15.2. The van der Waals surface area contributed by atoms with Gasteiger partial charge in [-0.2, -0.15) is 0 Å². The van der Waals surface area contributed by atoms with Crippen molar-refractivity contribution in [3.8, 4) is 5.75 Å². The molecule has 0 bridgehead atoms. The summed E-state index contributed by atoms with van der Waals surface area (Å²) in [6.45, 7) is 29.3. The summed E-state index contributed by atoms with van der Waals surface area (Å²) in [5.74, 6) is -1.74. The van der Waals surface area contributed by atoms with E-state index >= 15 is 0 Å². The lowest BCUT2D eigenvalue weighted by molar-refractivity contribution is 0.0174. The van der Waals surface area contributed by atoms with E-state index in [0.717, 1.165) is 45.9 Å². The van der Waals surface area contributed by atoms with E-state index in [9.17, 15) is 8.78 Å².